The van der Waals surface area contributed by atoms with E-state index < -0.39 is 11.5 Å². The van der Waals surface area contributed by atoms with Crippen molar-refractivity contribution in [3.05, 3.63) is 29.8 Å². The molecule has 8 heteroatoms. The number of rotatable bonds is 5. The second-order valence-electron chi connectivity index (χ2n) is 5.61. The van der Waals surface area contributed by atoms with Gasteiger partial charge >= 0.3 is 0 Å². The second-order valence-corrected chi connectivity index (χ2v) is 6.59. The highest BCUT2D eigenvalue weighted by molar-refractivity contribution is 7.99. The van der Waals surface area contributed by atoms with Gasteiger partial charge in [0.25, 0.3) is 0 Å². The highest BCUT2D eigenvalue weighted by Crippen LogP contribution is 2.36. The molecule has 5 nitrogen and oxygen atoms in total. The lowest BCUT2D eigenvalue weighted by atomic mass is 10.1. The second kappa shape index (κ2) is 6.66. The number of nitrogens with zero attached hydrogens (tertiary/aromatic N) is 3. The molecule has 0 aliphatic rings. The Morgan fingerprint density at radius 2 is 1.91 bits per heavy atom. The maximum atomic E-state index is 14.1. The van der Waals surface area contributed by atoms with E-state index in [0.29, 0.717) is 5.75 Å². The van der Waals surface area contributed by atoms with Crippen LogP contribution in [0.15, 0.2) is 28.3 Å². The van der Waals surface area contributed by atoms with E-state index in [0.717, 1.165) is 11.8 Å². The van der Waals surface area contributed by atoms with Gasteiger partial charge in [-0.1, -0.05) is 6.07 Å². The van der Waals surface area contributed by atoms with Gasteiger partial charge in [-0.2, -0.15) is 9.97 Å². The molecule has 0 bridgehead atoms. The first-order valence-corrected chi connectivity index (χ1v) is 7.82. The number of hydrogen-bond donors (Lipinski definition) is 1. The first-order chi connectivity index (χ1) is 10.7. The Morgan fingerprint density at radius 1 is 1.22 bits per heavy atom. The van der Waals surface area contributed by atoms with Gasteiger partial charge in [-0.25, -0.2) is 13.8 Å². The Kier molecular flexibility index (Phi) is 5.03. The molecule has 1 aromatic heterocycles. The molecule has 2 aromatic rings. The van der Waals surface area contributed by atoms with Crippen molar-refractivity contribution >= 4 is 17.7 Å². The molecule has 0 aliphatic heterocycles. The zero-order valence-corrected chi connectivity index (χ0v) is 14.1. The summed E-state index contributed by atoms with van der Waals surface area (Å²) in [7, 11) is 0. The van der Waals surface area contributed by atoms with Crippen LogP contribution in [-0.2, 0) is 5.67 Å². The summed E-state index contributed by atoms with van der Waals surface area (Å²) in [6, 6.07) is 4.50. The van der Waals surface area contributed by atoms with E-state index in [1.807, 2.05) is 13.8 Å². The van der Waals surface area contributed by atoms with Crippen molar-refractivity contribution in [2.24, 2.45) is 0 Å². The minimum Gasteiger partial charge on any atom is -0.490 e. The fourth-order valence-corrected chi connectivity index (χ4v) is 2.55. The summed E-state index contributed by atoms with van der Waals surface area (Å²) in [5.41, 5.74) is 3.82. The molecule has 23 heavy (non-hydrogen) atoms. The SMILES string of the molecule is CC(C)Oc1cccc(F)c1Sc1nc(N)nc(C(C)(C)F)n1. The van der Waals surface area contributed by atoms with Crippen LogP contribution in [0.3, 0.4) is 0 Å². The Bertz CT molecular complexity index is 704. The largest absolute Gasteiger partial charge is 0.490 e. The Morgan fingerprint density at radius 3 is 2.52 bits per heavy atom. The summed E-state index contributed by atoms with van der Waals surface area (Å²) in [5.74, 6) is -0.334. The number of nitrogen functional groups attached to an aromatic ring is 1. The smallest absolute Gasteiger partial charge is 0.224 e. The maximum absolute atomic E-state index is 14.1. The van der Waals surface area contributed by atoms with E-state index in [2.05, 4.69) is 15.0 Å². The number of benzene rings is 1. The van der Waals surface area contributed by atoms with Crippen LogP contribution in [0.5, 0.6) is 5.75 Å². The van der Waals surface area contributed by atoms with Crippen LogP contribution < -0.4 is 10.5 Å². The van der Waals surface area contributed by atoms with Gasteiger partial charge < -0.3 is 10.5 Å². The van der Waals surface area contributed by atoms with E-state index in [4.69, 9.17) is 10.5 Å². The quantitative estimate of drug-likeness (QED) is 0.894. The molecule has 0 spiro atoms. The zero-order valence-electron chi connectivity index (χ0n) is 13.3. The zero-order chi connectivity index (χ0) is 17.2. The van der Waals surface area contributed by atoms with Crippen molar-refractivity contribution in [3.8, 4) is 5.75 Å². The minimum atomic E-state index is -1.78. The monoisotopic (exact) mass is 340 g/mol. The lowest BCUT2D eigenvalue weighted by molar-refractivity contribution is 0.204. The standard InChI is InChI=1S/C15H18F2N4OS/c1-8(2)22-10-7-5-6-9(16)11(10)23-14-20-12(15(3,4)17)19-13(18)21-14/h5-8H,1-4H3,(H2,18,19,20,21). The summed E-state index contributed by atoms with van der Waals surface area (Å²) < 4.78 is 33.8. The summed E-state index contributed by atoms with van der Waals surface area (Å²) >= 11 is 0.918. The van der Waals surface area contributed by atoms with Gasteiger partial charge in [0.05, 0.1) is 11.0 Å². The van der Waals surface area contributed by atoms with E-state index >= 15 is 0 Å². The Hall–Kier alpha value is -1.96. The number of aromatic nitrogens is 3. The van der Waals surface area contributed by atoms with Crippen LogP contribution >= 0.6 is 11.8 Å². The summed E-state index contributed by atoms with van der Waals surface area (Å²) in [5, 5.41) is 0.108. The Labute approximate surface area is 137 Å². The van der Waals surface area contributed by atoms with Crippen molar-refractivity contribution in [2.45, 2.75) is 49.5 Å². The first-order valence-electron chi connectivity index (χ1n) is 7.01. The third kappa shape index (κ3) is 4.51. The van der Waals surface area contributed by atoms with E-state index in [1.165, 1.54) is 19.9 Å². The third-order valence-corrected chi connectivity index (χ3v) is 3.62. The normalized spacial score (nSPS) is 11.8. The number of ether oxygens (including phenoxy) is 1. The van der Waals surface area contributed by atoms with Crippen molar-refractivity contribution in [2.75, 3.05) is 5.73 Å². The molecule has 0 atom stereocenters. The predicted molar refractivity (Wildman–Crippen MR) is 84.7 cm³/mol. The van der Waals surface area contributed by atoms with E-state index in [1.54, 1.807) is 12.1 Å². The van der Waals surface area contributed by atoms with Crippen molar-refractivity contribution < 1.29 is 13.5 Å². The highest BCUT2D eigenvalue weighted by Gasteiger charge is 2.25. The molecular formula is C15H18F2N4OS. The molecule has 0 fully saturated rings. The highest BCUT2D eigenvalue weighted by atomic mass is 32.2. The molecule has 1 heterocycles. The predicted octanol–water partition coefficient (Wildman–Crippen LogP) is 3.74. The molecule has 0 amide bonds. The van der Waals surface area contributed by atoms with Crippen molar-refractivity contribution in [1.82, 2.24) is 15.0 Å². The van der Waals surface area contributed by atoms with Gasteiger partial charge in [0.2, 0.25) is 5.95 Å². The molecular weight excluding hydrogens is 322 g/mol. The van der Waals surface area contributed by atoms with Gasteiger partial charge in [-0.05, 0) is 51.6 Å². The van der Waals surface area contributed by atoms with Crippen LogP contribution in [0.1, 0.15) is 33.5 Å². The number of alkyl halides is 1. The maximum Gasteiger partial charge on any atom is 0.224 e. The lowest BCUT2D eigenvalue weighted by Crippen LogP contribution is -2.17. The average molecular weight is 340 g/mol. The van der Waals surface area contributed by atoms with Gasteiger partial charge in [-0.15, -0.1) is 0 Å². The van der Waals surface area contributed by atoms with Gasteiger partial charge in [0, 0.05) is 0 Å². The fourth-order valence-electron chi connectivity index (χ4n) is 1.71. The molecule has 124 valence electrons. The fraction of sp³-hybridized carbons (Fsp3) is 0.400. The number of anilines is 1. The third-order valence-electron chi connectivity index (χ3n) is 2.65. The number of hydrogen-bond acceptors (Lipinski definition) is 6. The minimum absolute atomic E-state index is 0.102. The molecule has 2 N–H and O–H groups in total. The van der Waals surface area contributed by atoms with Crippen LogP contribution in [0.2, 0.25) is 0 Å². The van der Waals surface area contributed by atoms with Gasteiger partial charge in [0.15, 0.2) is 16.6 Å². The molecule has 2 rings (SSSR count). The van der Waals surface area contributed by atoms with Crippen LogP contribution in [0.25, 0.3) is 0 Å². The molecule has 0 aliphatic carbocycles. The topological polar surface area (TPSA) is 73.9 Å². The van der Waals surface area contributed by atoms with Gasteiger partial charge in [-0.3, -0.25) is 0 Å². The van der Waals surface area contributed by atoms with E-state index in [9.17, 15) is 8.78 Å². The Balaban J connectivity index is 2.42. The van der Waals surface area contributed by atoms with Gasteiger partial charge in [0.1, 0.15) is 11.6 Å². The number of nitrogens with two attached hydrogens (primary N) is 1. The lowest BCUT2D eigenvalue weighted by Gasteiger charge is -2.15. The summed E-state index contributed by atoms with van der Waals surface area (Å²) in [6.45, 7) is 6.30. The average Bonchev–Trinajstić information content (AvgIpc) is 2.40. The van der Waals surface area contributed by atoms with Crippen molar-refractivity contribution in [1.29, 1.82) is 0 Å². The molecule has 1 aromatic carbocycles. The van der Waals surface area contributed by atoms with Crippen LogP contribution in [0, 0.1) is 5.82 Å². The summed E-state index contributed by atoms with van der Waals surface area (Å²) in [4.78, 5) is 12.0. The molecule has 0 saturated heterocycles. The van der Waals surface area contributed by atoms with Crippen LogP contribution in [0.4, 0.5) is 14.7 Å². The van der Waals surface area contributed by atoms with Crippen molar-refractivity contribution in [3.63, 3.8) is 0 Å². The molecule has 0 saturated carbocycles. The van der Waals surface area contributed by atoms with Crippen LogP contribution in [-0.4, -0.2) is 21.1 Å². The van der Waals surface area contributed by atoms with E-state index in [-0.39, 0.29) is 27.9 Å². The molecule has 0 radical (unpaired) electrons. The molecule has 0 unspecified atom stereocenters. The summed E-state index contributed by atoms with van der Waals surface area (Å²) in [6.07, 6.45) is -0.125. The number of halogens is 2. The first kappa shape index (κ1) is 17.4.